The van der Waals surface area contributed by atoms with E-state index in [9.17, 15) is 5.11 Å². The normalized spacial score (nSPS) is 46.5. The van der Waals surface area contributed by atoms with E-state index in [1.807, 2.05) is 27.7 Å². The lowest BCUT2D eigenvalue weighted by molar-refractivity contribution is -0.111. The summed E-state index contributed by atoms with van der Waals surface area (Å²) < 4.78 is 0. The third-order valence-electron chi connectivity index (χ3n) is 9.26. The average Bonchev–Trinajstić information content (AvgIpc) is 3.01. The van der Waals surface area contributed by atoms with Crippen LogP contribution in [0.4, 0.5) is 0 Å². The van der Waals surface area contributed by atoms with E-state index in [1.165, 1.54) is 64.2 Å². The molecular weight excluding hydrogens is 316 g/mol. The predicted octanol–water partition coefficient (Wildman–Crippen LogP) is 7.47. The second-order valence-electron chi connectivity index (χ2n) is 9.73. The smallest absolute Gasteiger partial charge is 0.0433 e. The van der Waals surface area contributed by atoms with Gasteiger partial charge in [-0.3, -0.25) is 0 Å². The van der Waals surface area contributed by atoms with E-state index in [0.29, 0.717) is 17.4 Å². The van der Waals surface area contributed by atoms with Crippen LogP contribution in [-0.4, -0.2) is 11.7 Å². The molecule has 0 aromatic carbocycles. The molecule has 1 N–H and O–H groups in total. The van der Waals surface area contributed by atoms with Gasteiger partial charge >= 0.3 is 0 Å². The second-order valence-corrected chi connectivity index (χ2v) is 9.73. The van der Waals surface area contributed by atoms with Gasteiger partial charge in [-0.25, -0.2) is 0 Å². The summed E-state index contributed by atoms with van der Waals surface area (Å²) in [6, 6.07) is 0. The van der Waals surface area contributed by atoms with E-state index in [2.05, 4.69) is 13.8 Å². The van der Waals surface area contributed by atoms with Crippen LogP contribution in [0.3, 0.4) is 0 Å². The number of aliphatic hydroxyl groups is 1. The fourth-order valence-corrected chi connectivity index (χ4v) is 8.03. The van der Waals surface area contributed by atoms with E-state index in [0.717, 1.165) is 36.0 Å². The average molecular weight is 365 g/mol. The fourth-order valence-electron chi connectivity index (χ4n) is 8.03. The first-order valence-corrected chi connectivity index (χ1v) is 12.2. The first-order valence-electron chi connectivity index (χ1n) is 12.2. The van der Waals surface area contributed by atoms with E-state index in [4.69, 9.17) is 0 Å². The van der Waals surface area contributed by atoms with Crippen molar-refractivity contribution in [3.05, 3.63) is 0 Å². The minimum absolute atomic E-state index is 0.404. The van der Waals surface area contributed by atoms with E-state index in [1.54, 1.807) is 0 Å². The van der Waals surface area contributed by atoms with Gasteiger partial charge in [-0.05, 0) is 98.2 Å². The first kappa shape index (κ1) is 22.3. The summed E-state index contributed by atoms with van der Waals surface area (Å²) in [5.74, 6) is 4.86. The maximum Gasteiger partial charge on any atom is 0.0433 e. The Morgan fingerprint density at radius 3 is 2.12 bits per heavy atom. The van der Waals surface area contributed by atoms with Crippen LogP contribution in [0, 0.1) is 40.4 Å². The molecule has 6 unspecified atom stereocenters. The van der Waals surface area contributed by atoms with Crippen LogP contribution in [0.1, 0.15) is 112 Å². The van der Waals surface area contributed by atoms with Crippen molar-refractivity contribution in [3.63, 3.8) is 0 Å². The largest absolute Gasteiger partial charge is 0.396 e. The van der Waals surface area contributed by atoms with Crippen molar-refractivity contribution in [1.29, 1.82) is 0 Å². The molecule has 154 valence electrons. The summed E-state index contributed by atoms with van der Waals surface area (Å²) in [5.41, 5.74) is 1.24. The van der Waals surface area contributed by atoms with Crippen LogP contribution in [0.15, 0.2) is 0 Å². The Hall–Kier alpha value is -0.0400. The summed E-state index contributed by atoms with van der Waals surface area (Å²) in [6.45, 7) is 13.7. The van der Waals surface area contributed by atoms with Crippen LogP contribution in [0.2, 0.25) is 0 Å². The third-order valence-corrected chi connectivity index (χ3v) is 9.26. The van der Waals surface area contributed by atoms with Gasteiger partial charge < -0.3 is 5.11 Å². The van der Waals surface area contributed by atoms with Crippen molar-refractivity contribution in [3.8, 4) is 0 Å². The Kier molecular flexibility index (Phi) is 8.08. The maximum atomic E-state index is 9.46. The van der Waals surface area contributed by atoms with E-state index in [-0.39, 0.29) is 0 Å². The third kappa shape index (κ3) is 3.63. The van der Waals surface area contributed by atoms with Crippen molar-refractivity contribution < 1.29 is 5.11 Å². The van der Waals surface area contributed by atoms with Gasteiger partial charge in [-0.15, -0.1) is 0 Å². The second kappa shape index (κ2) is 9.44. The molecule has 26 heavy (non-hydrogen) atoms. The molecule has 1 heteroatoms. The highest BCUT2D eigenvalue weighted by Gasteiger charge is 2.59. The number of hydrogen-bond donors (Lipinski definition) is 1. The van der Waals surface area contributed by atoms with E-state index < -0.39 is 0 Å². The molecule has 4 aliphatic rings. The molecule has 0 aliphatic heterocycles. The quantitative estimate of drug-likeness (QED) is 0.538. The molecule has 4 fully saturated rings. The molecule has 7 atom stereocenters. The number of fused-ring (bicyclic) bond motifs is 5. The molecule has 0 aromatic rings. The predicted molar refractivity (Wildman–Crippen MR) is 114 cm³/mol. The number of rotatable bonds is 2. The zero-order valence-corrected chi connectivity index (χ0v) is 18.8. The summed E-state index contributed by atoms with van der Waals surface area (Å²) in [7, 11) is 0. The van der Waals surface area contributed by atoms with Crippen molar-refractivity contribution in [2.75, 3.05) is 6.61 Å². The minimum Gasteiger partial charge on any atom is -0.396 e. The van der Waals surface area contributed by atoms with Crippen molar-refractivity contribution in [1.82, 2.24) is 0 Å². The van der Waals surface area contributed by atoms with Gasteiger partial charge in [0.25, 0.3) is 0 Å². The highest BCUT2D eigenvalue weighted by Crippen LogP contribution is 2.67. The van der Waals surface area contributed by atoms with Gasteiger partial charge in [0.05, 0.1) is 0 Å². The van der Waals surface area contributed by atoms with Crippen molar-refractivity contribution in [2.45, 2.75) is 112 Å². The fraction of sp³-hybridized carbons (Fsp3) is 1.00. The SMILES string of the molecule is CC.CC.CC12CCCCC1CCC1C2CCC2(C)C1CC[C@@H]2CCO. The lowest BCUT2D eigenvalue weighted by atomic mass is 9.45. The molecule has 0 aromatic heterocycles. The lowest BCUT2D eigenvalue weighted by Gasteiger charge is -2.60. The van der Waals surface area contributed by atoms with Crippen molar-refractivity contribution >= 4 is 0 Å². The van der Waals surface area contributed by atoms with Gasteiger partial charge in [0.2, 0.25) is 0 Å². The van der Waals surface area contributed by atoms with Crippen LogP contribution >= 0.6 is 0 Å². The Labute approximate surface area is 164 Å². The summed E-state index contributed by atoms with van der Waals surface area (Å²) in [6.07, 6.45) is 15.9. The van der Waals surface area contributed by atoms with Crippen LogP contribution < -0.4 is 0 Å². The Morgan fingerprint density at radius 1 is 0.731 bits per heavy atom. The molecular formula is C25H48O. The van der Waals surface area contributed by atoms with Gasteiger partial charge in [0.15, 0.2) is 0 Å². The van der Waals surface area contributed by atoms with E-state index >= 15 is 0 Å². The Balaban J connectivity index is 0.000000570. The van der Waals surface area contributed by atoms with Crippen LogP contribution in [0.5, 0.6) is 0 Å². The topological polar surface area (TPSA) is 20.2 Å². The Bertz CT molecular complexity index is 418. The molecule has 0 saturated heterocycles. The minimum atomic E-state index is 0.404. The van der Waals surface area contributed by atoms with Gasteiger partial charge in [0.1, 0.15) is 0 Å². The highest BCUT2D eigenvalue weighted by molar-refractivity contribution is 5.08. The summed E-state index contributed by atoms with van der Waals surface area (Å²) in [5, 5.41) is 9.46. The molecule has 4 rings (SSSR count). The molecule has 4 saturated carbocycles. The standard InChI is InChI=1S/C21H36O.2C2H6/c1-20-12-4-3-5-15(20)6-8-17-18-9-7-16(11-14-22)21(18,2)13-10-19(17)20;2*1-2/h15-19,22H,3-14H2,1-2H3;2*1-2H3/t15?,16-,17?,18?,19?,20?,21?;;/m1../s1. The first-order chi connectivity index (χ1) is 12.6. The monoisotopic (exact) mass is 364 g/mol. The number of hydrogen-bond acceptors (Lipinski definition) is 1. The zero-order valence-electron chi connectivity index (χ0n) is 18.8. The molecule has 0 heterocycles. The van der Waals surface area contributed by atoms with Crippen LogP contribution in [-0.2, 0) is 0 Å². The van der Waals surface area contributed by atoms with Gasteiger partial charge in [-0.1, -0.05) is 54.4 Å². The van der Waals surface area contributed by atoms with Crippen molar-refractivity contribution in [2.24, 2.45) is 40.4 Å². The molecule has 0 radical (unpaired) electrons. The molecule has 0 bridgehead atoms. The van der Waals surface area contributed by atoms with Gasteiger partial charge in [0, 0.05) is 6.61 Å². The highest BCUT2D eigenvalue weighted by atomic mass is 16.3. The molecule has 1 nitrogen and oxygen atoms in total. The molecule has 0 amide bonds. The maximum absolute atomic E-state index is 9.46. The number of aliphatic hydroxyl groups excluding tert-OH is 1. The Morgan fingerprint density at radius 2 is 1.42 bits per heavy atom. The van der Waals surface area contributed by atoms with Gasteiger partial charge in [-0.2, -0.15) is 0 Å². The molecule has 0 spiro atoms. The summed E-state index contributed by atoms with van der Waals surface area (Å²) >= 11 is 0. The lowest BCUT2D eigenvalue weighted by Crippen LogP contribution is -2.52. The summed E-state index contributed by atoms with van der Waals surface area (Å²) in [4.78, 5) is 0. The zero-order chi connectivity index (χ0) is 19.4. The molecule has 4 aliphatic carbocycles. The van der Waals surface area contributed by atoms with Crippen LogP contribution in [0.25, 0.3) is 0 Å².